The number of ether oxygens (including phenoxy) is 1. The summed E-state index contributed by atoms with van der Waals surface area (Å²) in [5.41, 5.74) is 4.27. The number of hydrogen-bond donors (Lipinski definition) is 2. The minimum Gasteiger partial charge on any atom is -0.495 e. The van der Waals surface area contributed by atoms with Crippen LogP contribution in [0.4, 0.5) is 5.69 Å². The molecule has 26 heavy (non-hydrogen) atoms. The van der Waals surface area contributed by atoms with Gasteiger partial charge in [0, 0.05) is 11.2 Å². The van der Waals surface area contributed by atoms with Gasteiger partial charge in [0.05, 0.1) is 7.11 Å². The number of halogens is 1. The lowest BCUT2D eigenvalue weighted by atomic mass is 10.2. The minimum atomic E-state index is -4.22. The number of aliphatic carboxylic acids is 1. The first kappa shape index (κ1) is 19.8. The number of nitrogens with zero attached hydrogens (tertiary/aromatic N) is 1. The summed E-state index contributed by atoms with van der Waals surface area (Å²) in [4.78, 5) is 23.0. The lowest BCUT2D eigenvalue weighted by Gasteiger charge is -2.16. The fraction of sp³-hybridized carbons (Fsp3) is 0.250. The molecule has 2 aromatic rings. The molecule has 140 valence electrons. The molecule has 3 N–H and O–H groups in total. The maximum absolute atomic E-state index is 12.9. The zero-order chi connectivity index (χ0) is 19.6. The Labute approximate surface area is 154 Å². The van der Waals surface area contributed by atoms with E-state index in [1.807, 2.05) is 0 Å². The molecule has 0 fully saturated rings. The molecule has 0 amide bonds. The highest BCUT2D eigenvalue weighted by molar-refractivity contribution is 7.91. The Bertz CT molecular complexity index is 1020. The second kappa shape index (κ2) is 7.38. The van der Waals surface area contributed by atoms with Crippen LogP contribution in [0.1, 0.15) is 19.4 Å². The Morgan fingerprint density at radius 3 is 2.54 bits per heavy atom. The van der Waals surface area contributed by atoms with Crippen molar-refractivity contribution in [1.29, 1.82) is 0 Å². The number of carboxylic acids is 1. The van der Waals surface area contributed by atoms with E-state index in [1.165, 1.54) is 25.3 Å². The van der Waals surface area contributed by atoms with Crippen LogP contribution in [0.2, 0.25) is 5.02 Å². The lowest BCUT2D eigenvalue weighted by molar-refractivity contribution is -0.141. The third-order valence-corrected chi connectivity index (χ3v) is 5.90. The third kappa shape index (κ3) is 3.40. The first-order valence-corrected chi connectivity index (χ1v) is 9.33. The van der Waals surface area contributed by atoms with Gasteiger partial charge in [-0.3, -0.25) is 9.36 Å². The van der Waals surface area contributed by atoms with E-state index in [0.717, 1.165) is 16.8 Å². The maximum Gasteiger partial charge on any atom is 0.326 e. The van der Waals surface area contributed by atoms with Crippen molar-refractivity contribution in [3.63, 3.8) is 0 Å². The fourth-order valence-electron chi connectivity index (χ4n) is 2.50. The molecular weight excluding hydrogens is 384 g/mol. The Hall–Kier alpha value is -2.52. The van der Waals surface area contributed by atoms with Crippen molar-refractivity contribution in [2.75, 3.05) is 12.8 Å². The standard InChI is InChI=1S/C16H17ClN2O6S/c1-3-10(16(21)22)19-7-6-12(14(18)15(19)20)26(23,24)13-8-9(17)4-5-11(13)25-2/h4-8,10H,3,18H2,1-2H3,(H,21,22). The molecule has 0 saturated heterocycles. The normalized spacial score (nSPS) is 12.6. The van der Waals surface area contributed by atoms with E-state index in [1.54, 1.807) is 6.92 Å². The number of rotatable bonds is 6. The van der Waals surface area contributed by atoms with Crippen LogP contribution in [0.3, 0.4) is 0 Å². The van der Waals surface area contributed by atoms with E-state index in [2.05, 4.69) is 0 Å². The van der Waals surface area contributed by atoms with Crippen LogP contribution in [0.5, 0.6) is 5.75 Å². The molecule has 1 atom stereocenters. The number of sulfone groups is 1. The van der Waals surface area contributed by atoms with Crippen molar-refractivity contribution >= 4 is 33.1 Å². The highest BCUT2D eigenvalue weighted by Crippen LogP contribution is 2.33. The minimum absolute atomic E-state index is 0.0370. The van der Waals surface area contributed by atoms with Crippen molar-refractivity contribution in [2.45, 2.75) is 29.2 Å². The molecule has 0 aliphatic rings. The van der Waals surface area contributed by atoms with E-state index >= 15 is 0 Å². The number of anilines is 1. The van der Waals surface area contributed by atoms with Gasteiger partial charge in [-0.2, -0.15) is 0 Å². The molecule has 0 aliphatic carbocycles. The number of pyridine rings is 1. The second-order valence-electron chi connectivity index (χ2n) is 5.37. The number of carbonyl (C=O) groups is 1. The molecule has 1 aromatic heterocycles. The van der Waals surface area contributed by atoms with Gasteiger partial charge in [0.15, 0.2) is 0 Å². The molecule has 0 bridgehead atoms. The van der Waals surface area contributed by atoms with Crippen LogP contribution in [-0.2, 0) is 14.6 Å². The van der Waals surface area contributed by atoms with Gasteiger partial charge in [-0.05, 0) is 30.7 Å². The first-order chi connectivity index (χ1) is 12.1. The molecule has 0 aliphatic heterocycles. The van der Waals surface area contributed by atoms with Crippen molar-refractivity contribution in [1.82, 2.24) is 4.57 Å². The molecule has 1 aromatic carbocycles. The first-order valence-electron chi connectivity index (χ1n) is 7.47. The highest BCUT2D eigenvalue weighted by atomic mass is 35.5. The van der Waals surface area contributed by atoms with Gasteiger partial charge in [-0.15, -0.1) is 0 Å². The van der Waals surface area contributed by atoms with E-state index in [0.29, 0.717) is 0 Å². The number of hydrogen-bond acceptors (Lipinski definition) is 6. The Morgan fingerprint density at radius 2 is 2.00 bits per heavy atom. The summed E-state index contributed by atoms with van der Waals surface area (Å²) in [5.74, 6) is -1.18. The summed E-state index contributed by atoms with van der Waals surface area (Å²) in [6.45, 7) is 1.59. The summed E-state index contributed by atoms with van der Waals surface area (Å²) in [6.07, 6.45) is 1.23. The summed E-state index contributed by atoms with van der Waals surface area (Å²) in [5, 5.41) is 9.36. The van der Waals surface area contributed by atoms with E-state index in [4.69, 9.17) is 22.1 Å². The average molecular weight is 401 g/mol. The largest absolute Gasteiger partial charge is 0.495 e. The van der Waals surface area contributed by atoms with E-state index in [-0.39, 0.29) is 22.1 Å². The van der Waals surface area contributed by atoms with Crippen LogP contribution in [0.15, 0.2) is 45.0 Å². The maximum atomic E-state index is 12.9. The number of benzene rings is 1. The molecular formula is C16H17ClN2O6S. The van der Waals surface area contributed by atoms with Crippen LogP contribution in [0.25, 0.3) is 0 Å². The molecule has 1 heterocycles. The predicted octanol–water partition coefficient (Wildman–Crippen LogP) is 1.96. The number of methoxy groups -OCH3 is 1. The van der Waals surface area contributed by atoms with Crippen LogP contribution >= 0.6 is 11.6 Å². The van der Waals surface area contributed by atoms with Gasteiger partial charge in [0.1, 0.15) is 27.3 Å². The summed E-state index contributed by atoms with van der Waals surface area (Å²) in [6, 6.07) is 3.97. The van der Waals surface area contributed by atoms with Crippen molar-refractivity contribution in [3.8, 4) is 5.75 Å². The number of nitrogens with two attached hydrogens (primary N) is 1. The summed E-state index contributed by atoms with van der Waals surface area (Å²) >= 11 is 5.88. The fourth-order valence-corrected chi connectivity index (χ4v) is 4.29. The van der Waals surface area contributed by atoms with Gasteiger partial charge in [0.2, 0.25) is 9.84 Å². The molecule has 10 heteroatoms. The number of aromatic nitrogens is 1. The summed E-state index contributed by atoms with van der Waals surface area (Å²) < 4.78 is 31.8. The smallest absolute Gasteiger partial charge is 0.326 e. The number of carboxylic acid groups (broad SMARTS) is 1. The molecule has 2 rings (SSSR count). The molecule has 0 saturated carbocycles. The molecule has 1 unspecified atom stereocenters. The van der Waals surface area contributed by atoms with E-state index < -0.39 is 38.0 Å². The Morgan fingerprint density at radius 1 is 1.35 bits per heavy atom. The summed E-state index contributed by atoms with van der Waals surface area (Å²) in [7, 11) is -2.93. The van der Waals surface area contributed by atoms with Crippen molar-refractivity contribution < 1.29 is 23.1 Å². The highest BCUT2D eigenvalue weighted by Gasteiger charge is 2.28. The van der Waals surface area contributed by atoms with E-state index in [9.17, 15) is 23.1 Å². The lowest BCUT2D eigenvalue weighted by Crippen LogP contribution is -2.31. The van der Waals surface area contributed by atoms with Crippen molar-refractivity contribution in [3.05, 3.63) is 45.8 Å². The molecule has 0 radical (unpaired) electrons. The van der Waals surface area contributed by atoms with Crippen LogP contribution in [-0.4, -0.2) is 31.2 Å². The van der Waals surface area contributed by atoms with Gasteiger partial charge in [-0.25, -0.2) is 13.2 Å². The van der Waals surface area contributed by atoms with Crippen LogP contribution in [0, 0.1) is 0 Å². The van der Waals surface area contributed by atoms with Gasteiger partial charge >= 0.3 is 5.97 Å². The Balaban J connectivity index is 2.70. The third-order valence-electron chi connectivity index (χ3n) is 3.83. The monoisotopic (exact) mass is 400 g/mol. The zero-order valence-electron chi connectivity index (χ0n) is 14.0. The number of nitrogen functional groups attached to an aromatic ring is 1. The second-order valence-corrected chi connectivity index (χ2v) is 7.69. The SMILES string of the molecule is CCC(C(=O)O)n1ccc(S(=O)(=O)c2cc(Cl)ccc2OC)c(N)c1=O. The van der Waals surface area contributed by atoms with Crippen molar-refractivity contribution in [2.24, 2.45) is 0 Å². The average Bonchev–Trinajstić information content (AvgIpc) is 2.58. The van der Waals surface area contributed by atoms with Gasteiger partial charge < -0.3 is 15.6 Å². The van der Waals surface area contributed by atoms with Gasteiger partial charge in [-0.1, -0.05) is 18.5 Å². The Kier molecular flexibility index (Phi) is 5.62. The van der Waals surface area contributed by atoms with Crippen LogP contribution < -0.4 is 16.0 Å². The topological polar surface area (TPSA) is 129 Å². The molecule has 8 nitrogen and oxygen atoms in total. The molecule has 0 spiro atoms. The predicted molar refractivity (Wildman–Crippen MR) is 95.5 cm³/mol. The van der Waals surface area contributed by atoms with Gasteiger partial charge in [0.25, 0.3) is 5.56 Å². The quantitative estimate of drug-likeness (QED) is 0.758. The zero-order valence-corrected chi connectivity index (χ0v) is 15.5.